The second-order valence-electron chi connectivity index (χ2n) is 6.19. The lowest BCUT2D eigenvalue weighted by molar-refractivity contribution is 0.0383. The number of amides is 1. The first-order valence-electron chi connectivity index (χ1n) is 7.23. The number of nitrogens with one attached hydrogen (secondary N) is 1. The van der Waals surface area contributed by atoms with Crippen molar-refractivity contribution < 1.29 is 9.53 Å². The molecule has 1 saturated heterocycles. The molecule has 5 heteroatoms. The minimum atomic E-state index is 0.00117. The molecule has 0 unspecified atom stereocenters. The number of hydrogen-bond donors (Lipinski definition) is 1. The molecule has 20 heavy (non-hydrogen) atoms. The van der Waals surface area contributed by atoms with Crippen LogP contribution in [0.2, 0.25) is 0 Å². The van der Waals surface area contributed by atoms with Crippen LogP contribution in [0.3, 0.4) is 0 Å². The van der Waals surface area contributed by atoms with Crippen molar-refractivity contribution in [2.24, 2.45) is 0 Å². The summed E-state index contributed by atoms with van der Waals surface area (Å²) in [6.07, 6.45) is 3.86. The summed E-state index contributed by atoms with van der Waals surface area (Å²) in [7, 11) is 0. The number of ether oxygens (including phenoxy) is 1. The van der Waals surface area contributed by atoms with Crippen molar-refractivity contribution >= 4 is 5.91 Å². The third-order valence-corrected chi connectivity index (χ3v) is 3.55. The lowest BCUT2D eigenvalue weighted by atomic mass is 10.1. The molecule has 0 radical (unpaired) electrons. The minimum absolute atomic E-state index is 0.00117. The number of aromatic nitrogens is 1. The summed E-state index contributed by atoms with van der Waals surface area (Å²) < 4.78 is 7.36. The molecule has 1 amide bonds. The first kappa shape index (κ1) is 15.1. The molecule has 0 aliphatic carbocycles. The lowest BCUT2D eigenvalue weighted by Gasteiger charge is -2.26. The van der Waals surface area contributed by atoms with Crippen LogP contribution in [-0.2, 0) is 10.3 Å². The Morgan fingerprint density at radius 2 is 2.05 bits per heavy atom. The smallest absolute Gasteiger partial charge is 0.252 e. The largest absolute Gasteiger partial charge is 0.379 e. The average Bonchev–Trinajstić information content (AvgIpc) is 2.89. The highest BCUT2D eigenvalue weighted by Crippen LogP contribution is 2.15. The maximum absolute atomic E-state index is 12.1. The van der Waals surface area contributed by atoms with Crippen molar-refractivity contribution in [3.63, 3.8) is 0 Å². The van der Waals surface area contributed by atoms with Gasteiger partial charge >= 0.3 is 0 Å². The topological polar surface area (TPSA) is 46.5 Å². The van der Waals surface area contributed by atoms with Gasteiger partial charge < -0.3 is 14.6 Å². The summed E-state index contributed by atoms with van der Waals surface area (Å²) in [5.74, 6) is 0.00117. The van der Waals surface area contributed by atoms with Crippen LogP contribution in [0.15, 0.2) is 18.5 Å². The molecule has 1 aliphatic rings. The lowest BCUT2D eigenvalue weighted by Crippen LogP contribution is -2.41. The number of nitrogens with zero attached hydrogens (tertiary/aromatic N) is 2. The van der Waals surface area contributed by atoms with Crippen LogP contribution in [0.5, 0.6) is 0 Å². The van der Waals surface area contributed by atoms with Crippen LogP contribution < -0.4 is 5.32 Å². The third kappa shape index (κ3) is 4.08. The predicted octanol–water partition coefficient (Wildman–Crippen LogP) is 1.31. The van der Waals surface area contributed by atoms with E-state index in [1.54, 1.807) is 0 Å². The van der Waals surface area contributed by atoms with E-state index in [2.05, 4.69) is 35.6 Å². The van der Waals surface area contributed by atoms with Crippen LogP contribution in [0.1, 0.15) is 31.1 Å². The molecule has 0 atom stereocenters. The van der Waals surface area contributed by atoms with Gasteiger partial charge in [-0.1, -0.05) is 0 Å². The van der Waals surface area contributed by atoms with Crippen molar-refractivity contribution in [2.75, 3.05) is 39.4 Å². The van der Waals surface area contributed by atoms with Crippen molar-refractivity contribution in [1.29, 1.82) is 0 Å². The molecular formula is C15H25N3O2. The third-order valence-electron chi connectivity index (χ3n) is 3.55. The van der Waals surface area contributed by atoms with E-state index >= 15 is 0 Å². The fourth-order valence-corrected chi connectivity index (χ4v) is 2.20. The van der Waals surface area contributed by atoms with Crippen LogP contribution in [0.4, 0.5) is 0 Å². The van der Waals surface area contributed by atoms with E-state index in [0.29, 0.717) is 6.54 Å². The molecule has 112 valence electrons. The van der Waals surface area contributed by atoms with Gasteiger partial charge in [0.05, 0.1) is 18.8 Å². The first-order chi connectivity index (χ1) is 9.47. The van der Waals surface area contributed by atoms with E-state index < -0.39 is 0 Å². The molecule has 1 aromatic rings. The van der Waals surface area contributed by atoms with E-state index in [1.807, 2.05) is 18.5 Å². The number of morpholine rings is 1. The van der Waals surface area contributed by atoms with Gasteiger partial charge in [0.15, 0.2) is 0 Å². The number of rotatable bonds is 4. The Hall–Kier alpha value is -1.33. The summed E-state index contributed by atoms with van der Waals surface area (Å²) in [5.41, 5.74) is 0.730. The molecule has 1 N–H and O–H groups in total. The Labute approximate surface area is 120 Å². The number of carbonyl (C=O) groups is 1. The summed E-state index contributed by atoms with van der Waals surface area (Å²) in [6, 6.07) is 1.87. The average molecular weight is 279 g/mol. The minimum Gasteiger partial charge on any atom is -0.379 e. The summed E-state index contributed by atoms with van der Waals surface area (Å²) in [4.78, 5) is 14.4. The van der Waals surface area contributed by atoms with E-state index in [1.165, 1.54) is 0 Å². The second-order valence-corrected chi connectivity index (χ2v) is 6.19. The Morgan fingerprint density at radius 1 is 1.35 bits per heavy atom. The van der Waals surface area contributed by atoms with Gasteiger partial charge in [0, 0.05) is 44.1 Å². The maximum Gasteiger partial charge on any atom is 0.252 e. The molecule has 0 bridgehead atoms. The second kappa shape index (κ2) is 6.41. The van der Waals surface area contributed by atoms with Crippen LogP contribution in [0.25, 0.3) is 0 Å². The van der Waals surface area contributed by atoms with Crippen molar-refractivity contribution in [1.82, 2.24) is 14.8 Å². The quantitative estimate of drug-likeness (QED) is 0.904. The molecule has 2 rings (SSSR count). The van der Waals surface area contributed by atoms with Crippen LogP contribution >= 0.6 is 0 Å². The van der Waals surface area contributed by atoms with Gasteiger partial charge in [0.2, 0.25) is 0 Å². The van der Waals surface area contributed by atoms with Gasteiger partial charge in [-0.05, 0) is 26.8 Å². The Bertz CT molecular complexity index is 442. The zero-order chi connectivity index (χ0) is 14.6. The van der Waals surface area contributed by atoms with Gasteiger partial charge in [-0.3, -0.25) is 9.69 Å². The molecule has 1 fully saturated rings. The van der Waals surface area contributed by atoms with Crippen molar-refractivity contribution in [3.8, 4) is 0 Å². The van der Waals surface area contributed by atoms with Crippen molar-refractivity contribution in [3.05, 3.63) is 24.0 Å². The monoisotopic (exact) mass is 279 g/mol. The molecule has 0 spiro atoms. The molecule has 1 aliphatic heterocycles. The highest BCUT2D eigenvalue weighted by molar-refractivity contribution is 5.94. The summed E-state index contributed by atoms with van der Waals surface area (Å²) in [5, 5.41) is 2.98. The zero-order valence-corrected chi connectivity index (χ0v) is 12.7. The van der Waals surface area contributed by atoms with Crippen molar-refractivity contribution in [2.45, 2.75) is 26.3 Å². The SMILES string of the molecule is CC(C)(C)n1ccc(C(=O)NCCN2CCOCC2)c1. The highest BCUT2D eigenvalue weighted by atomic mass is 16.5. The summed E-state index contributed by atoms with van der Waals surface area (Å²) in [6.45, 7) is 11.4. The van der Waals surface area contributed by atoms with Gasteiger partial charge in [0.1, 0.15) is 0 Å². The molecular weight excluding hydrogens is 254 g/mol. The predicted molar refractivity (Wildman–Crippen MR) is 79.0 cm³/mol. The Kier molecular flexibility index (Phi) is 4.83. The Balaban J connectivity index is 1.78. The van der Waals surface area contributed by atoms with E-state index in [4.69, 9.17) is 4.74 Å². The Morgan fingerprint density at radius 3 is 2.65 bits per heavy atom. The van der Waals surface area contributed by atoms with E-state index in [-0.39, 0.29) is 11.4 Å². The normalized spacial score (nSPS) is 17.1. The van der Waals surface area contributed by atoms with E-state index in [9.17, 15) is 4.79 Å². The van der Waals surface area contributed by atoms with Gasteiger partial charge in [-0.2, -0.15) is 0 Å². The first-order valence-corrected chi connectivity index (χ1v) is 7.23. The van der Waals surface area contributed by atoms with Gasteiger partial charge in [-0.15, -0.1) is 0 Å². The number of carbonyl (C=O) groups excluding carboxylic acids is 1. The number of hydrogen-bond acceptors (Lipinski definition) is 3. The molecule has 0 saturated carbocycles. The standard InChI is InChI=1S/C15H25N3O2/c1-15(2,3)18-6-4-13(12-18)14(19)16-5-7-17-8-10-20-11-9-17/h4,6,12H,5,7-11H2,1-3H3,(H,16,19). The van der Waals surface area contributed by atoms with E-state index in [0.717, 1.165) is 38.4 Å². The molecule has 0 aromatic carbocycles. The highest BCUT2D eigenvalue weighted by Gasteiger charge is 2.15. The van der Waals surface area contributed by atoms with Gasteiger partial charge in [-0.25, -0.2) is 0 Å². The van der Waals surface area contributed by atoms with Crippen LogP contribution in [-0.4, -0.2) is 54.8 Å². The fourth-order valence-electron chi connectivity index (χ4n) is 2.20. The zero-order valence-electron chi connectivity index (χ0n) is 12.7. The fraction of sp³-hybridized carbons (Fsp3) is 0.667. The van der Waals surface area contributed by atoms with Crippen LogP contribution in [0, 0.1) is 0 Å². The summed E-state index contributed by atoms with van der Waals surface area (Å²) >= 11 is 0. The molecule has 1 aromatic heterocycles. The molecule has 5 nitrogen and oxygen atoms in total. The molecule has 2 heterocycles. The van der Waals surface area contributed by atoms with Gasteiger partial charge in [0.25, 0.3) is 5.91 Å². The maximum atomic E-state index is 12.1.